The molecule has 0 saturated carbocycles. The summed E-state index contributed by atoms with van der Waals surface area (Å²) in [5, 5.41) is 4.39. The molecule has 0 unspecified atom stereocenters. The largest absolute Gasteiger partial charge is 0.493 e. The average Bonchev–Trinajstić information content (AvgIpc) is 3.30. The van der Waals surface area contributed by atoms with E-state index in [1.165, 1.54) is 0 Å². The van der Waals surface area contributed by atoms with Crippen LogP contribution in [0, 0.1) is 0 Å². The Hall–Kier alpha value is -3.64. The second-order valence-corrected chi connectivity index (χ2v) is 8.16. The lowest BCUT2D eigenvalue weighted by Crippen LogP contribution is -2.27. The molecule has 6 nitrogen and oxygen atoms in total. The van der Waals surface area contributed by atoms with Gasteiger partial charge < -0.3 is 14.0 Å². The Kier molecular flexibility index (Phi) is 6.35. The molecule has 5 rings (SSSR count). The molecule has 33 heavy (non-hydrogen) atoms. The molecule has 1 aliphatic rings. The van der Waals surface area contributed by atoms with Gasteiger partial charge in [-0.1, -0.05) is 78.0 Å². The maximum absolute atomic E-state index is 5.98. The van der Waals surface area contributed by atoms with Crippen LogP contribution in [0.4, 0.5) is 0 Å². The highest BCUT2D eigenvalue weighted by Crippen LogP contribution is 2.34. The summed E-state index contributed by atoms with van der Waals surface area (Å²) >= 11 is 0. The third kappa shape index (κ3) is 4.76. The van der Waals surface area contributed by atoms with Gasteiger partial charge >= 0.3 is 0 Å². The molecule has 1 aromatic heterocycles. The molecule has 4 aromatic rings. The summed E-state index contributed by atoms with van der Waals surface area (Å²) in [7, 11) is 1.67. The van der Waals surface area contributed by atoms with Gasteiger partial charge in [0.15, 0.2) is 17.3 Å². The monoisotopic (exact) mass is 441 g/mol. The Morgan fingerprint density at radius 3 is 2.36 bits per heavy atom. The molecule has 0 atom stereocenters. The number of para-hydroxylation sites is 1. The summed E-state index contributed by atoms with van der Waals surface area (Å²) in [6.07, 6.45) is 0.912. The first kappa shape index (κ1) is 21.2. The zero-order valence-corrected chi connectivity index (χ0v) is 18.7. The number of methoxy groups -OCH3 is 1. The van der Waals surface area contributed by atoms with E-state index in [4.69, 9.17) is 19.0 Å². The van der Waals surface area contributed by atoms with Crippen LogP contribution >= 0.6 is 0 Å². The minimum absolute atomic E-state index is 0.0735. The normalized spacial score (nSPS) is 14.2. The number of rotatable bonds is 6. The van der Waals surface area contributed by atoms with Crippen LogP contribution in [0.1, 0.15) is 40.7 Å². The molecular weight excluding hydrogens is 414 g/mol. The third-order valence-electron chi connectivity index (χ3n) is 5.91. The minimum atomic E-state index is -0.0735. The van der Waals surface area contributed by atoms with Gasteiger partial charge in [0, 0.05) is 18.7 Å². The second kappa shape index (κ2) is 9.88. The average molecular weight is 442 g/mol. The maximum Gasteiger partial charge on any atom is 0.240 e. The van der Waals surface area contributed by atoms with Gasteiger partial charge in [-0.05, 0) is 23.6 Å². The Labute approximate surface area is 193 Å². The van der Waals surface area contributed by atoms with Gasteiger partial charge in [0.2, 0.25) is 5.89 Å². The van der Waals surface area contributed by atoms with Gasteiger partial charge in [0.25, 0.3) is 0 Å². The van der Waals surface area contributed by atoms with Crippen molar-refractivity contribution < 1.29 is 14.0 Å². The fourth-order valence-corrected chi connectivity index (χ4v) is 4.35. The first-order valence-corrected chi connectivity index (χ1v) is 11.2. The molecule has 0 spiro atoms. The van der Waals surface area contributed by atoms with Gasteiger partial charge in [0.05, 0.1) is 26.2 Å². The fourth-order valence-electron chi connectivity index (χ4n) is 4.35. The summed E-state index contributed by atoms with van der Waals surface area (Å²) < 4.78 is 17.2. The summed E-state index contributed by atoms with van der Waals surface area (Å²) in [6, 6.07) is 26.6. The van der Waals surface area contributed by atoms with Crippen molar-refractivity contribution in [2.45, 2.75) is 25.4 Å². The van der Waals surface area contributed by atoms with Crippen molar-refractivity contribution in [3.05, 3.63) is 107 Å². The van der Waals surface area contributed by atoms with E-state index in [-0.39, 0.29) is 5.92 Å². The standard InChI is InChI=1S/C27H27N3O3/c1-31-23-15-8-14-22-18-30(16-9-17-32-26(22)23)19-24-28-27(29-33-24)25(20-10-4-2-5-11-20)21-12-6-3-7-13-21/h2-8,10-15,25H,9,16-19H2,1H3. The molecule has 0 fully saturated rings. The van der Waals surface area contributed by atoms with E-state index >= 15 is 0 Å². The molecule has 168 valence electrons. The lowest BCUT2D eigenvalue weighted by atomic mass is 9.91. The van der Waals surface area contributed by atoms with Gasteiger partial charge in [-0.3, -0.25) is 4.90 Å². The molecule has 0 aliphatic carbocycles. The Balaban J connectivity index is 1.40. The van der Waals surface area contributed by atoms with Crippen LogP contribution in [-0.4, -0.2) is 35.3 Å². The predicted molar refractivity (Wildman–Crippen MR) is 125 cm³/mol. The predicted octanol–water partition coefficient (Wildman–Crippen LogP) is 5.04. The number of fused-ring (bicyclic) bond motifs is 1. The lowest BCUT2D eigenvalue weighted by molar-refractivity contribution is 0.177. The van der Waals surface area contributed by atoms with Crippen molar-refractivity contribution in [1.29, 1.82) is 0 Å². The molecule has 6 heteroatoms. The molecule has 0 N–H and O–H groups in total. The Morgan fingerprint density at radius 1 is 0.939 bits per heavy atom. The van der Waals surface area contributed by atoms with Crippen LogP contribution in [0.25, 0.3) is 0 Å². The SMILES string of the molecule is COc1cccc2c1OCCCN(Cc1nc(C(c3ccccc3)c3ccccc3)no1)C2. The number of aromatic nitrogens is 2. The number of ether oxygens (including phenoxy) is 2. The van der Waals surface area contributed by atoms with Crippen LogP contribution in [0.3, 0.4) is 0 Å². The van der Waals surface area contributed by atoms with Gasteiger partial charge in [-0.15, -0.1) is 0 Å². The van der Waals surface area contributed by atoms with E-state index in [9.17, 15) is 0 Å². The first-order valence-electron chi connectivity index (χ1n) is 11.2. The highest BCUT2D eigenvalue weighted by molar-refractivity contribution is 5.46. The number of nitrogens with zero attached hydrogens (tertiary/aromatic N) is 3. The van der Waals surface area contributed by atoms with Crippen LogP contribution in [-0.2, 0) is 13.1 Å². The Morgan fingerprint density at radius 2 is 1.67 bits per heavy atom. The number of benzene rings is 3. The molecule has 0 amide bonds. The van der Waals surface area contributed by atoms with E-state index in [1.807, 2.05) is 48.5 Å². The molecule has 0 bridgehead atoms. The van der Waals surface area contributed by atoms with E-state index < -0.39 is 0 Å². The molecular formula is C27H27N3O3. The molecule has 0 radical (unpaired) electrons. The summed E-state index contributed by atoms with van der Waals surface area (Å²) in [5.41, 5.74) is 3.38. The van der Waals surface area contributed by atoms with Crippen molar-refractivity contribution in [3.63, 3.8) is 0 Å². The van der Waals surface area contributed by atoms with Gasteiger partial charge in [0.1, 0.15) is 0 Å². The first-order chi connectivity index (χ1) is 16.3. The third-order valence-corrected chi connectivity index (χ3v) is 5.91. The molecule has 3 aromatic carbocycles. The van der Waals surface area contributed by atoms with Crippen molar-refractivity contribution in [2.24, 2.45) is 0 Å². The van der Waals surface area contributed by atoms with Crippen LogP contribution in [0.5, 0.6) is 11.5 Å². The van der Waals surface area contributed by atoms with E-state index in [2.05, 4.69) is 40.4 Å². The summed E-state index contributed by atoms with van der Waals surface area (Å²) in [4.78, 5) is 7.14. The smallest absolute Gasteiger partial charge is 0.240 e. The van der Waals surface area contributed by atoms with Crippen molar-refractivity contribution in [3.8, 4) is 11.5 Å². The van der Waals surface area contributed by atoms with E-state index in [0.717, 1.165) is 47.7 Å². The number of hydrogen-bond donors (Lipinski definition) is 0. The fraction of sp³-hybridized carbons (Fsp3) is 0.259. The van der Waals surface area contributed by atoms with E-state index in [1.54, 1.807) is 7.11 Å². The second-order valence-electron chi connectivity index (χ2n) is 8.16. The molecule has 0 saturated heterocycles. The van der Waals surface area contributed by atoms with E-state index in [0.29, 0.717) is 24.9 Å². The van der Waals surface area contributed by atoms with Crippen molar-refractivity contribution in [1.82, 2.24) is 15.0 Å². The van der Waals surface area contributed by atoms with Crippen LogP contribution in [0.15, 0.2) is 83.4 Å². The zero-order chi connectivity index (χ0) is 22.5. The van der Waals surface area contributed by atoms with Gasteiger partial charge in [-0.25, -0.2) is 0 Å². The summed E-state index contributed by atoms with van der Waals surface area (Å²) in [6.45, 7) is 2.84. The van der Waals surface area contributed by atoms with Crippen molar-refractivity contribution >= 4 is 0 Å². The highest BCUT2D eigenvalue weighted by atomic mass is 16.5. The van der Waals surface area contributed by atoms with Crippen LogP contribution < -0.4 is 9.47 Å². The Bertz CT molecular complexity index is 1140. The van der Waals surface area contributed by atoms with Crippen molar-refractivity contribution in [2.75, 3.05) is 20.3 Å². The minimum Gasteiger partial charge on any atom is -0.493 e. The molecule has 2 heterocycles. The maximum atomic E-state index is 5.98. The lowest BCUT2D eigenvalue weighted by Gasteiger charge is -2.25. The number of hydrogen-bond acceptors (Lipinski definition) is 6. The zero-order valence-electron chi connectivity index (χ0n) is 18.7. The molecule has 1 aliphatic heterocycles. The topological polar surface area (TPSA) is 60.6 Å². The highest BCUT2D eigenvalue weighted by Gasteiger charge is 2.24. The summed E-state index contributed by atoms with van der Waals surface area (Å²) in [5.74, 6) is 2.82. The van der Waals surface area contributed by atoms with Gasteiger partial charge in [-0.2, -0.15) is 4.98 Å². The quantitative estimate of drug-likeness (QED) is 0.418. The van der Waals surface area contributed by atoms with Crippen LogP contribution in [0.2, 0.25) is 0 Å².